The maximum atomic E-state index is 12.2. The lowest BCUT2D eigenvalue weighted by Crippen LogP contribution is -2.36. The molecule has 0 saturated carbocycles. The van der Waals surface area contributed by atoms with Gasteiger partial charge in [-0.05, 0) is 24.3 Å². The fourth-order valence-corrected chi connectivity index (χ4v) is 2.31. The number of rotatable bonds is 6. The van der Waals surface area contributed by atoms with Crippen LogP contribution in [0.5, 0.6) is 0 Å². The van der Waals surface area contributed by atoms with Crippen molar-refractivity contribution in [1.29, 1.82) is 0 Å². The Morgan fingerprint density at radius 3 is 2.04 bits per heavy atom. The van der Waals surface area contributed by atoms with Crippen LogP contribution in [0.2, 0.25) is 0 Å². The number of aliphatic hydroxyl groups excluding tert-OH is 2. The second-order valence-electron chi connectivity index (χ2n) is 5.49. The fraction of sp³-hybridized carbons (Fsp3) is 0.167. The number of anilines is 2. The first-order chi connectivity index (χ1) is 12.7. The van der Waals surface area contributed by atoms with E-state index in [2.05, 4.69) is 21.1 Å². The predicted octanol–water partition coefficient (Wildman–Crippen LogP) is 1.20. The number of cyclic esters (lactones) is 1. The van der Waals surface area contributed by atoms with Gasteiger partial charge in [-0.1, -0.05) is 36.4 Å². The molecule has 0 radical (unpaired) electrons. The first-order valence-electron chi connectivity index (χ1n) is 7.96. The quantitative estimate of drug-likeness (QED) is 0.458. The summed E-state index contributed by atoms with van der Waals surface area (Å²) in [5, 5.41) is 27.4. The number of nitrogens with one attached hydrogen (secondary N) is 2. The Hall–Kier alpha value is -3.23. The molecule has 0 aliphatic carbocycles. The molecule has 0 amide bonds. The average Bonchev–Trinajstić information content (AvgIpc) is 3.01. The number of hydrogen-bond donors (Lipinski definition) is 4. The minimum absolute atomic E-state index is 0.0743. The van der Waals surface area contributed by atoms with Gasteiger partial charge in [-0.3, -0.25) is 10.9 Å². The van der Waals surface area contributed by atoms with Crippen LogP contribution >= 0.6 is 0 Å². The van der Waals surface area contributed by atoms with Crippen LogP contribution in [-0.4, -0.2) is 46.4 Å². The van der Waals surface area contributed by atoms with Gasteiger partial charge >= 0.3 is 5.97 Å². The van der Waals surface area contributed by atoms with Crippen LogP contribution in [0.3, 0.4) is 0 Å². The van der Waals surface area contributed by atoms with Crippen molar-refractivity contribution in [1.82, 2.24) is 0 Å². The second kappa shape index (κ2) is 8.24. The van der Waals surface area contributed by atoms with Crippen LogP contribution in [0, 0.1) is 0 Å². The van der Waals surface area contributed by atoms with Crippen LogP contribution < -0.4 is 10.9 Å². The highest BCUT2D eigenvalue weighted by atomic mass is 16.6. The van der Waals surface area contributed by atoms with Gasteiger partial charge in [0.2, 0.25) is 0 Å². The molecule has 1 aliphatic rings. The average molecular weight is 354 g/mol. The third-order valence-electron chi connectivity index (χ3n) is 3.63. The van der Waals surface area contributed by atoms with E-state index in [1.807, 2.05) is 36.4 Å². The number of hydrazone groups is 2. The standard InChI is InChI=1S/C18H18N4O4/c23-11-14(24)17-15(21-19-12-7-3-1-4-8-12)16(18(25)26-17)22-20-13-9-5-2-6-10-13/h1-10,14,17,19-20,23-24H,11H2/b21-15-,22-16-. The molecule has 2 atom stereocenters. The monoisotopic (exact) mass is 354 g/mol. The zero-order chi connectivity index (χ0) is 18.4. The Bertz CT molecular complexity index is 808. The third kappa shape index (κ3) is 4.05. The molecule has 1 heterocycles. The van der Waals surface area contributed by atoms with Gasteiger partial charge in [0.1, 0.15) is 11.8 Å². The molecular formula is C18H18N4O4. The first-order valence-corrected chi connectivity index (χ1v) is 7.96. The number of hydrogen-bond acceptors (Lipinski definition) is 8. The van der Waals surface area contributed by atoms with E-state index in [-0.39, 0.29) is 11.4 Å². The summed E-state index contributed by atoms with van der Waals surface area (Å²) in [6.45, 7) is -0.582. The summed E-state index contributed by atoms with van der Waals surface area (Å²) in [5.41, 5.74) is 6.94. The number of esters is 1. The van der Waals surface area contributed by atoms with E-state index in [0.29, 0.717) is 11.4 Å². The van der Waals surface area contributed by atoms with Gasteiger partial charge in [0.05, 0.1) is 18.0 Å². The lowest BCUT2D eigenvalue weighted by molar-refractivity contribution is -0.140. The molecule has 4 N–H and O–H groups in total. The minimum Gasteiger partial charge on any atom is -0.448 e. The molecule has 2 unspecified atom stereocenters. The van der Waals surface area contributed by atoms with Crippen LogP contribution in [-0.2, 0) is 9.53 Å². The molecule has 1 saturated heterocycles. The Kier molecular flexibility index (Phi) is 5.57. The third-order valence-corrected chi connectivity index (χ3v) is 3.63. The van der Waals surface area contributed by atoms with E-state index >= 15 is 0 Å². The SMILES string of the molecule is O=C1OC(C(O)CO)C(=N\Nc2ccccc2)/C1=N/Nc1ccccc1. The van der Waals surface area contributed by atoms with Crippen molar-refractivity contribution in [3.05, 3.63) is 60.7 Å². The summed E-state index contributed by atoms with van der Waals surface area (Å²) < 4.78 is 5.13. The Labute approximate surface area is 149 Å². The zero-order valence-corrected chi connectivity index (χ0v) is 13.7. The van der Waals surface area contributed by atoms with Crippen LogP contribution in [0.25, 0.3) is 0 Å². The minimum atomic E-state index is -1.31. The molecule has 8 nitrogen and oxygen atoms in total. The molecule has 26 heavy (non-hydrogen) atoms. The maximum absolute atomic E-state index is 12.2. The Morgan fingerprint density at radius 2 is 1.50 bits per heavy atom. The van der Waals surface area contributed by atoms with Gasteiger partial charge in [-0.2, -0.15) is 10.2 Å². The normalized spacial score (nSPS) is 20.8. The molecule has 8 heteroatoms. The number of benzene rings is 2. The maximum Gasteiger partial charge on any atom is 0.361 e. The van der Waals surface area contributed by atoms with E-state index in [1.54, 1.807) is 24.3 Å². The van der Waals surface area contributed by atoms with E-state index < -0.39 is 24.8 Å². The first kappa shape index (κ1) is 17.6. The van der Waals surface area contributed by atoms with Crippen LogP contribution in [0.4, 0.5) is 11.4 Å². The van der Waals surface area contributed by atoms with Gasteiger partial charge in [0.15, 0.2) is 11.8 Å². The topological polar surface area (TPSA) is 116 Å². The van der Waals surface area contributed by atoms with Gasteiger partial charge in [-0.15, -0.1) is 0 Å². The predicted molar refractivity (Wildman–Crippen MR) is 98.0 cm³/mol. The molecule has 2 aromatic rings. The summed E-state index contributed by atoms with van der Waals surface area (Å²) in [4.78, 5) is 12.2. The highest BCUT2D eigenvalue weighted by Gasteiger charge is 2.42. The van der Waals surface area contributed by atoms with Crippen molar-refractivity contribution in [2.75, 3.05) is 17.5 Å². The number of carbonyl (C=O) groups is 1. The lowest BCUT2D eigenvalue weighted by atomic mass is 10.1. The molecular weight excluding hydrogens is 336 g/mol. The summed E-state index contributed by atoms with van der Waals surface area (Å²) in [7, 11) is 0. The van der Waals surface area contributed by atoms with Gasteiger partial charge in [0, 0.05) is 0 Å². The highest BCUT2D eigenvalue weighted by molar-refractivity contribution is 6.69. The summed E-state index contributed by atoms with van der Waals surface area (Å²) in [6, 6.07) is 18.1. The number of carbonyl (C=O) groups excluding carboxylic acids is 1. The van der Waals surface area contributed by atoms with Gasteiger partial charge < -0.3 is 14.9 Å². The number of para-hydroxylation sites is 2. The molecule has 1 aliphatic heterocycles. The van der Waals surface area contributed by atoms with E-state index in [9.17, 15) is 15.0 Å². The van der Waals surface area contributed by atoms with Crippen LogP contribution in [0.15, 0.2) is 70.9 Å². The molecule has 134 valence electrons. The van der Waals surface area contributed by atoms with E-state index in [0.717, 1.165) is 0 Å². The van der Waals surface area contributed by atoms with Gasteiger partial charge in [-0.25, -0.2) is 4.79 Å². The van der Waals surface area contributed by atoms with Crippen molar-refractivity contribution in [2.24, 2.45) is 10.2 Å². The molecule has 1 fully saturated rings. The zero-order valence-electron chi connectivity index (χ0n) is 13.7. The summed E-state index contributed by atoms with van der Waals surface area (Å²) >= 11 is 0. The van der Waals surface area contributed by atoms with Crippen molar-refractivity contribution in [2.45, 2.75) is 12.2 Å². The number of ether oxygens (including phenoxy) is 1. The molecule has 2 aromatic carbocycles. The van der Waals surface area contributed by atoms with Crippen molar-refractivity contribution < 1.29 is 19.7 Å². The number of aliphatic hydroxyl groups is 2. The molecule has 3 rings (SSSR count). The smallest absolute Gasteiger partial charge is 0.361 e. The second-order valence-corrected chi connectivity index (χ2v) is 5.49. The highest BCUT2D eigenvalue weighted by Crippen LogP contribution is 2.16. The Morgan fingerprint density at radius 1 is 0.962 bits per heavy atom. The lowest BCUT2D eigenvalue weighted by Gasteiger charge is -2.14. The summed E-state index contributed by atoms with van der Waals surface area (Å²) in [5.74, 6) is -0.737. The number of nitrogens with zero attached hydrogens (tertiary/aromatic N) is 2. The fourth-order valence-electron chi connectivity index (χ4n) is 2.31. The molecule has 0 spiro atoms. The molecule has 0 aromatic heterocycles. The summed E-state index contributed by atoms with van der Waals surface area (Å²) in [6.07, 6.45) is -2.42. The van der Waals surface area contributed by atoms with Crippen molar-refractivity contribution >= 4 is 28.8 Å². The van der Waals surface area contributed by atoms with E-state index in [1.165, 1.54) is 0 Å². The van der Waals surface area contributed by atoms with Gasteiger partial charge in [0.25, 0.3) is 0 Å². The Balaban J connectivity index is 1.88. The van der Waals surface area contributed by atoms with E-state index in [4.69, 9.17) is 4.74 Å². The van der Waals surface area contributed by atoms with Crippen molar-refractivity contribution in [3.8, 4) is 0 Å². The molecule has 0 bridgehead atoms. The van der Waals surface area contributed by atoms with Crippen LogP contribution in [0.1, 0.15) is 0 Å². The largest absolute Gasteiger partial charge is 0.448 e. The van der Waals surface area contributed by atoms with Crippen molar-refractivity contribution in [3.63, 3.8) is 0 Å².